The van der Waals surface area contributed by atoms with Crippen molar-refractivity contribution in [2.24, 2.45) is 0 Å². The first-order valence-electron chi connectivity index (χ1n) is 11.6. The monoisotopic (exact) mass is 487 g/mol. The number of carboxylic acids is 1. The van der Waals surface area contributed by atoms with E-state index in [1.807, 2.05) is 49.4 Å². The molecule has 0 aliphatic rings. The minimum Gasteiger partial charge on any atom is -0.481 e. The van der Waals surface area contributed by atoms with Gasteiger partial charge in [0.2, 0.25) is 0 Å². The molecule has 1 N–H and O–H groups in total. The number of carboxylic acid groups (broad SMARTS) is 1. The van der Waals surface area contributed by atoms with Crippen molar-refractivity contribution in [3.8, 4) is 11.3 Å². The van der Waals surface area contributed by atoms with E-state index >= 15 is 0 Å². The molecule has 0 amide bonds. The number of aryl methyl sites for hydroxylation is 1. The van der Waals surface area contributed by atoms with Gasteiger partial charge in [0, 0.05) is 30.2 Å². The Labute approximate surface area is 205 Å². The molecule has 182 valence electrons. The minimum atomic E-state index is -1.02. The average molecular weight is 488 g/mol. The Morgan fingerprint density at radius 1 is 0.917 bits per heavy atom. The SMILES string of the molecule is CCc1ccc(Cc2nc3c(Cc4c(F)cccc4F)nc(-c4ccccc4)cn3c2CC(=O)O)o1. The molecular weight excluding hydrogens is 464 g/mol. The van der Waals surface area contributed by atoms with Crippen LogP contribution in [-0.4, -0.2) is 25.4 Å². The first-order chi connectivity index (χ1) is 17.4. The van der Waals surface area contributed by atoms with E-state index < -0.39 is 17.6 Å². The van der Waals surface area contributed by atoms with Crippen LogP contribution in [0.5, 0.6) is 0 Å². The van der Waals surface area contributed by atoms with Crippen LogP contribution < -0.4 is 0 Å². The fourth-order valence-electron chi connectivity index (χ4n) is 4.28. The van der Waals surface area contributed by atoms with Crippen LogP contribution in [0.4, 0.5) is 8.78 Å². The Hall–Kier alpha value is -4.33. The number of rotatable bonds is 8. The van der Waals surface area contributed by atoms with Gasteiger partial charge < -0.3 is 9.52 Å². The lowest BCUT2D eigenvalue weighted by Gasteiger charge is -2.10. The molecule has 0 bridgehead atoms. The molecule has 36 heavy (non-hydrogen) atoms. The third-order valence-electron chi connectivity index (χ3n) is 6.06. The van der Waals surface area contributed by atoms with Crippen LogP contribution in [0.25, 0.3) is 16.9 Å². The van der Waals surface area contributed by atoms with Crippen LogP contribution in [0.1, 0.15) is 41.1 Å². The molecule has 0 radical (unpaired) electrons. The molecule has 0 aliphatic heterocycles. The van der Waals surface area contributed by atoms with Crippen molar-refractivity contribution in [2.45, 2.75) is 32.6 Å². The number of halogens is 2. The second kappa shape index (κ2) is 9.73. The molecular formula is C28H23F2N3O3. The largest absolute Gasteiger partial charge is 0.481 e. The van der Waals surface area contributed by atoms with Crippen molar-refractivity contribution in [3.63, 3.8) is 0 Å². The minimum absolute atomic E-state index is 0.125. The summed E-state index contributed by atoms with van der Waals surface area (Å²) in [5, 5.41) is 9.66. The summed E-state index contributed by atoms with van der Waals surface area (Å²) in [7, 11) is 0. The third-order valence-corrected chi connectivity index (χ3v) is 6.06. The van der Waals surface area contributed by atoms with E-state index in [0.29, 0.717) is 34.2 Å². The van der Waals surface area contributed by atoms with Crippen molar-refractivity contribution in [2.75, 3.05) is 0 Å². The number of hydrogen-bond acceptors (Lipinski definition) is 4. The number of imidazole rings is 1. The fourth-order valence-corrected chi connectivity index (χ4v) is 4.28. The number of hydrogen-bond donors (Lipinski definition) is 1. The molecule has 3 heterocycles. The van der Waals surface area contributed by atoms with E-state index in [2.05, 4.69) is 0 Å². The highest BCUT2D eigenvalue weighted by molar-refractivity contribution is 5.71. The second-order valence-electron chi connectivity index (χ2n) is 8.48. The zero-order valence-corrected chi connectivity index (χ0v) is 19.5. The van der Waals surface area contributed by atoms with Gasteiger partial charge in [0.05, 0.1) is 35.6 Å². The molecule has 5 aromatic rings. The van der Waals surface area contributed by atoms with Gasteiger partial charge in [-0.1, -0.05) is 43.3 Å². The Kier molecular flexibility index (Phi) is 6.33. The highest BCUT2D eigenvalue weighted by Crippen LogP contribution is 2.27. The van der Waals surface area contributed by atoms with Crippen LogP contribution in [-0.2, 0) is 30.5 Å². The summed E-state index contributed by atoms with van der Waals surface area (Å²) in [6, 6.07) is 16.8. The van der Waals surface area contributed by atoms with Gasteiger partial charge in [0.1, 0.15) is 23.2 Å². The summed E-state index contributed by atoms with van der Waals surface area (Å²) < 4.78 is 36.6. The first-order valence-corrected chi connectivity index (χ1v) is 11.6. The zero-order chi connectivity index (χ0) is 25.2. The van der Waals surface area contributed by atoms with Gasteiger partial charge in [-0.2, -0.15) is 0 Å². The number of aliphatic carboxylic acids is 1. The van der Waals surface area contributed by atoms with Crippen molar-refractivity contribution < 1.29 is 23.1 Å². The number of aromatic nitrogens is 3. The number of carbonyl (C=O) groups is 1. The molecule has 0 aliphatic carbocycles. The smallest absolute Gasteiger partial charge is 0.309 e. The van der Waals surface area contributed by atoms with Gasteiger partial charge in [-0.3, -0.25) is 9.20 Å². The quantitative estimate of drug-likeness (QED) is 0.306. The number of benzene rings is 2. The number of furan rings is 1. The molecule has 5 rings (SSSR count). The molecule has 6 nitrogen and oxygen atoms in total. The van der Waals surface area contributed by atoms with E-state index in [1.54, 1.807) is 10.6 Å². The van der Waals surface area contributed by atoms with Crippen molar-refractivity contribution in [1.29, 1.82) is 0 Å². The molecule has 0 saturated carbocycles. The molecule has 0 spiro atoms. The summed E-state index contributed by atoms with van der Waals surface area (Å²) in [4.78, 5) is 21.2. The van der Waals surface area contributed by atoms with E-state index in [9.17, 15) is 18.7 Å². The lowest BCUT2D eigenvalue weighted by atomic mass is 10.1. The fraction of sp³-hybridized carbons (Fsp3) is 0.179. The topological polar surface area (TPSA) is 80.6 Å². The van der Waals surface area contributed by atoms with Gasteiger partial charge in [-0.05, 0) is 24.3 Å². The van der Waals surface area contributed by atoms with E-state index in [0.717, 1.165) is 17.7 Å². The first kappa shape index (κ1) is 23.4. The van der Waals surface area contributed by atoms with Gasteiger partial charge in [0.25, 0.3) is 0 Å². The molecule has 0 unspecified atom stereocenters. The predicted molar refractivity (Wildman–Crippen MR) is 130 cm³/mol. The Balaban J connectivity index is 1.72. The van der Waals surface area contributed by atoms with E-state index in [-0.39, 0.29) is 24.8 Å². The standard InChI is InChI=1S/C28H23F2N3O3/c1-2-18-11-12-19(36-18)13-23-26(15-27(34)35)33-16-25(17-7-4-3-5-8-17)31-24(28(33)32-23)14-20-21(29)9-6-10-22(20)30/h3-12,16H,2,13-15H2,1H3,(H,34,35). The molecule has 3 aromatic heterocycles. The van der Waals surface area contributed by atoms with Crippen LogP contribution in [0.2, 0.25) is 0 Å². The van der Waals surface area contributed by atoms with Crippen LogP contribution in [0, 0.1) is 11.6 Å². The van der Waals surface area contributed by atoms with Gasteiger partial charge in [-0.15, -0.1) is 0 Å². The van der Waals surface area contributed by atoms with Crippen molar-refractivity contribution >= 4 is 11.6 Å². The van der Waals surface area contributed by atoms with E-state index in [4.69, 9.17) is 14.4 Å². The average Bonchev–Trinajstić information content (AvgIpc) is 3.46. The predicted octanol–water partition coefficient (Wildman–Crippen LogP) is 5.64. The van der Waals surface area contributed by atoms with Gasteiger partial charge >= 0.3 is 5.97 Å². The maximum atomic E-state index is 14.6. The second-order valence-corrected chi connectivity index (χ2v) is 8.48. The molecule has 0 fully saturated rings. The normalized spacial score (nSPS) is 11.3. The molecule has 2 aromatic carbocycles. The van der Waals surface area contributed by atoms with Gasteiger partial charge in [0.15, 0.2) is 5.65 Å². The Bertz CT molecular complexity index is 1540. The third kappa shape index (κ3) is 4.62. The van der Waals surface area contributed by atoms with E-state index in [1.165, 1.54) is 18.2 Å². The summed E-state index contributed by atoms with van der Waals surface area (Å²) in [6.07, 6.45) is 2.30. The maximum Gasteiger partial charge on any atom is 0.309 e. The molecule has 0 atom stereocenters. The summed E-state index contributed by atoms with van der Waals surface area (Å²) in [6.45, 7) is 1.98. The highest BCUT2D eigenvalue weighted by atomic mass is 19.1. The Morgan fingerprint density at radius 3 is 2.31 bits per heavy atom. The zero-order valence-electron chi connectivity index (χ0n) is 19.5. The van der Waals surface area contributed by atoms with Crippen LogP contribution in [0.15, 0.2) is 71.3 Å². The number of fused-ring (bicyclic) bond motifs is 1. The van der Waals surface area contributed by atoms with Crippen LogP contribution in [0.3, 0.4) is 0 Å². The summed E-state index contributed by atoms with van der Waals surface area (Å²) >= 11 is 0. The lowest BCUT2D eigenvalue weighted by molar-refractivity contribution is -0.136. The summed E-state index contributed by atoms with van der Waals surface area (Å²) in [5.74, 6) is -0.913. The van der Waals surface area contributed by atoms with Crippen molar-refractivity contribution in [1.82, 2.24) is 14.4 Å². The van der Waals surface area contributed by atoms with Crippen molar-refractivity contribution in [3.05, 3.63) is 113 Å². The van der Waals surface area contributed by atoms with Crippen LogP contribution >= 0.6 is 0 Å². The summed E-state index contributed by atoms with van der Waals surface area (Å²) in [5.41, 5.74) is 2.86. The molecule has 0 saturated heterocycles. The Morgan fingerprint density at radius 2 is 1.64 bits per heavy atom. The number of nitrogens with zero attached hydrogens (tertiary/aromatic N) is 3. The molecule has 8 heteroatoms. The highest BCUT2D eigenvalue weighted by Gasteiger charge is 2.22. The lowest BCUT2D eigenvalue weighted by Crippen LogP contribution is -2.08. The van der Waals surface area contributed by atoms with Gasteiger partial charge in [-0.25, -0.2) is 18.7 Å². The maximum absolute atomic E-state index is 14.6.